The van der Waals surface area contributed by atoms with E-state index in [0.29, 0.717) is 12.8 Å². The van der Waals surface area contributed by atoms with Crippen molar-refractivity contribution >= 4 is 23.6 Å². The zero-order valence-electron chi connectivity index (χ0n) is 10.3. The maximum absolute atomic E-state index is 12.2. The third-order valence-corrected chi connectivity index (χ3v) is 4.70. The maximum Gasteiger partial charge on any atom is 0.307 e. The van der Waals surface area contributed by atoms with Crippen molar-refractivity contribution in [1.29, 1.82) is 0 Å². The number of rotatable bonds is 3. The normalized spacial score (nSPS) is 28.9. The van der Waals surface area contributed by atoms with Crippen molar-refractivity contribution in [3.05, 3.63) is 12.2 Å². The fourth-order valence-electron chi connectivity index (χ4n) is 2.53. The van der Waals surface area contributed by atoms with Crippen LogP contribution >= 0.6 is 11.8 Å². The molecule has 0 spiro atoms. The standard InChI is InChI=1S/C13H19NO3S/c15-12(14-9-5-7-18-8-6-9)10-3-1-2-4-11(10)13(16)17/h1-2,9-11H,3-8H2,(H,14,15)(H,16,17). The van der Waals surface area contributed by atoms with Crippen LogP contribution in [0.1, 0.15) is 25.7 Å². The van der Waals surface area contributed by atoms with Gasteiger partial charge in [-0.05, 0) is 37.2 Å². The second kappa shape index (κ2) is 6.27. The van der Waals surface area contributed by atoms with Crippen LogP contribution < -0.4 is 5.32 Å². The Morgan fingerprint density at radius 2 is 1.72 bits per heavy atom. The van der Waals surface area contributed by atoms with E-state index < -0.39 is 17.8 Å². The molecule has 0 aromatic carbocycles. The highest BCUT2D eigenvalue weighted by Gasteiger charge is 2.34. The maximum atomic E-state index is 12.2. The first-order valence-corrected chi connectivity index (χ1v) is 7.60. The number of carboxylic acids is 1. The molecular formula is C13H19NO3S. The third-order valence-electron chi connectivity index (χ3n) is 3.65. The van der Waals surface area contributed by atoms with Gasteiger partial charge in [0.05, 0.1) is 11.8 Å². The molecule has 1 saturated heterocycles. The van der Waals surface area contributed by atoms with Gasteiger partial charge in [0, 0.05) is 6.04 Å². The van der Waals surface area contributed by atoms with Crippen molar-refractivity contribution < 1.29 is 14.7 Å². The SMILES string of the molecule is O=C(O)C1CC=CCC1C(=O)NC1CCSCC1. The predicted molar refractivity (Wildman–Crippen MR) is 71.5 cm³/mol. The van der Waals surface area contributed by atoms with Crippen LogP contribution in [0.15, 0.2) is 12.2 Å². The number of hydrogen-bond donors (Lipinski definition) is 2. The van der Waals surface area contributed by atoms with Crippen molar-refractivity contribution in [2.75, 3.05) is 11.5 Å². The summed E-state index contributed by atoms with van der Waals surface area (Å²) in [6.07, 6.45) is 6.78. The molecular weight excluding hydrogens is 250 g/mol. The highest BCUT2D eigenvalue weighted by atomic mass is 32.2. The highest BCUT2D eigenvalue weighted by Crippen LogP contribution is 2.27. The van der Waals surface area contributed by atoms with E-state index in [1.165, 1.54) is 0 Å². The largest absolute Gasteiger partial charge is 0.481 e. The number of carboxylic acid groups (broad SMARTS) is 1. The summed E-state index contributed by atoms with van der Waals surface area (Å²) in [4.78, 5) is 23.3. The number of nitrogens with one attached hydrogen (secondary N) is 1. The Kier molecular flexibility index (Phi) is 4.69. The minimum atomic E-state index is -0.862. The van der Waals surface area contributed by atoms with E-state index in [1.54, 1.807) is 0 Å². The lowest BCUT2D eigenvalue weighted by atomic mass is 9.82. The molecule has 2 N–H and O–H groups in total. The zero-order chi connectivity index (χ0) is 13.0. The van der Waals surface area contributed by atoms with Crippen LogP contribution in [0, 0.1) is 11.8 Å². The van der Waals surface area contributed by atoms with Crippen LogP contribution in [0.4, 0.5) is 0 Å². The summed E-state index contributed by atoms with van der Waals surface area (Å²) in [5.41, 5.74) is 0. The average Bonchev–Trinajstić information content (AvgIpc) is 2.40. The van der Waals surface area contributed by atoms with Gasteiger partial charge in [-0.25, -0.2) is 0 Å². The summed E-state index contributed by atoms with van der Waals surface area (Å²) in [5, 5.41) is 12.2. The van der Waals surface area contributed by atoms with Crippen molar-refractivity contribution in [3.63, 3.8) is 0 Å². The van der Waals surface area contributed by atoms with Crippen LogP contribution in [0.5, 0.6) is 0 Å². The number of thioether (sulfide) groups is 1. The number of carbonyl (C=O) groups excluding carboxylic acids is 1. The summed E-state index contributed by atoms with van der Waals surface area (Å²) in [7, 11) is 0. The van der Waals surface area contributed by atoms with Crippen molar-refractivity contribution in [2.45, 2.75) is 31.7 Å². The minimum Gasteiger partial charge on any atom is -0.481 e. The fraction of sp³-hybridized carbons (Fsp3) is 0.692. The smallest absolute Gasteiger partial charge is 0.307 e. The zero-order valence-corrected chi connectivity index (χ0v) is 11.1. The Morgan fingerprint density at radius 1 is 1.11 bits per heavy atom. The van der Waals surface area contributed by atoms with Gasteiger partial charge in [-0.1, -0.05) is 12.2 Å². The number of aliphatic carboxylic acids is 1. The van der Waals surface area contributed by atoms with Crippen molar-refractivity contribution in [1.82, 2.24) is 5.32 Å². The highest BCUT2D eigenvalue weighted by molar-refractivity contribution is 7.99. The van der Waals surface area contributed by atoms with E-state index in [0.717, 1.165) is 24.3 Å². The Morgan fingerprint density at radius 3 is 2.33 bits per heavy atom. The predicted octanol–water partition coefficient (Wildman–Crippen LogP) is 1.67. The lowest BCUT2D eigenvalue weighted by Crippen LogP contribution is -2.44. The summed E-state index contributed by atoms with van der Waals surface area (Å²) >= 11 is 1.91. The van der Waals surface area contributed by atoms with Crippen LogP contribution in [0.2, 0.25) is 0 Å². The molecule has 0 aromatic heterocycles. The fourth-order valence-corrected chi connectivity index (χ4v) is 3.63. The molecule has 100 valence electrons. The molecule has 2 rings (SSSR count). The molecule has 4 nitrogen and oxygen atoms in total. The molecule has 0 bridgehead atoms. The van der Waals surface area contributed by atoms with Gasteiger partial charge in [0.1, 0.15) is 0 Å². The molecule has 0 saturated carbocycles. The topological polar surface area (TPSA) is 66.4 Å². The minimum absolute atomic E-state index is 0.0800. The molecule has 18 heavy (non-hydrogen) atoms. The molecule has 0 aromatic rings. The molecule has 2 unspecified atom stereocenters. The van der Waals surface area contributed by atoms with Gasteiger partial charge in [-0.2, -0.15) is 11.8 Å². The Bertz CT molecular complexity index is 350. The lowest BCUT2D eigenvalue weighted by Gasteiger charge is -2.28. The molecule has 1 aliphatic heterocycles. The van der Waals surface area contributed by atoms with Crippen LogP contribution in [-0.4, -0.2) is 34.5 Å². The first-order valence-electron chi connectivity index (χ1n) is 6.44. The van der Waals surface area contributed by atoms with E-state index in [2.05, 4.69) is 5.32 Å². The molecule has 5 heteroatoms. The van der Waals surface area contributed by atoms with Crippen molar-refractivity contribution in [2.24, 2.45) is 11.8 Å². The number of amides is 1. The van der Waals surface area contributed by atoms with E-state index in [1.807, 2.05) is 23.9 Å². The Balaban J connectivity index is 1.93. The summed E-state index contributed by atoms with van der Waals surface area (Å²) in [6.45, 7) is 0. The van der Waals surface area contributed by atoms with Crippen LogP contribution in [0.25, 0.3) is 0 Å². The van der Waals surface area contributed by atoms with Gasteiger partial charge in [-0.15, -0.1) is 0 Å². The molecule has 2 atom stereocenters. The first kappa shape index (κ1) is 13.5. The van der Waals surface area contributed by atoms with E-state index in [-0.39, 0.29) is 11.9 Å². The number of allylic oxidation sites excluding steroid dienone is 2. The number of carbonyl (C=O) groups is 2. The molecule has 2 aliphatic rings. The lowest BCUT2D eigenvalue weighted by molar-refractivity contribution is -0.147. The second-order valence-electron chi connectivity index (χ2n) is 4.89. The molecule has 1 fully saturated rings. The molecule has 1 amide bonds. The Labute approximate surface area is 111 Å². The van der Waals surface area contributed by atoms with Gasteiger partial charge < -0.3 is 10.4 Å². The van der Waals surface area contributed by atoms with Crippen LogP contribution in [0.3, 0.4) is 0 Å². The summed E-state index contributed by atoms with van der Waals surface area (Å²) in [5.74, 6) is 0.257. The molecule has 1 aliphatic carbocycles. The van der Waals surface area contributed by atoms with Gasteiger partial charge in [0.2, 0.25) is 5.91 Å². The summed E-state index contributed by atoms with van der Waals surface area (Å²) < 4.78 is 0. The van der Waals surface area contributed by atoms with E-state index in [9.17, 15) is 9.59 Å². The van der Waals surface area contributed by atoms with E-state index in [4.69, 9.17) is 5.11 Å². The van der Waals surface area contributed by atoms with Crippen LogP contribution in [-0.2, 0) is 9.59 Å². The summed E-state index contributed by atoms with van der Waals surface area (Å²) in [6, 6.07) is 0.235. The van der Waals surface area contributed by atoms with Crippen molar-refractivity contribution in [3.8, 4) is 0 Å². The molecule has 1 heterocycles. The third kappa shape index (κ3) is 3.28. The number of hydrogen-bond acceptors (Lipinski definition) is 3. The monoisotopic (exact) mass is 269 g/mol. The Hall–Kier alpha value is -0.970. The van der Waals surface area contributed by atoms with Gasteiger partial charge in [0.15, 0.2) is 0 Å². The quantitative estimate of drug-likeness (QED) is 0.765. The second-order valence-corrected chi connectivity index (χ2v) is 6.11. The van der Waals surface area contributed by atoms with Gasteiger partial charge in [0.25, 0.3) is 0 Å². The first-order chi connectivity index (χ1) is 8.68. The van der Waals surface area contributed by atoms with E-state index >= 15 is 0 Å². The van der Waals surface area contributed by atoms with Gasteiger partial charge in [-0.3, -0.25) is 9.59 Å². The van der Waals surface area contributed by atoms with Gasteiger partial charge >= 0.3 is 5.97 Å². The average molecular weight is 269 g/mol. The molecule has 0 radical (unpaired) electrons.